The zero-order valence-electron chi connectivity index (χ0n) is 8.27. The number of hydrogen-bond donors (Lipinski definition) is 4. The Hall–Kier alpha value is -1.20. The summed E-state index contributed by atoms with van der Waals surface area (Å²) in [6.45, 7) is 1.77. The molecule has 0 aliphatic carbocycles. The van der Waals surface area contributed by atoms with Crippen LogP contribution in [0, 0.1) is 6.92 Å². The summed E-state index contributed by atoms with van der Waals surface area (Å²) < 4.78 is 2.42. The van der Waals surface area contributed by atoms with Gasteiger partial charge in [-0.05, 0) is 30.5 Å². The van der Waals surface area contributed by atoms with Crippen LogP contribution in [0.15, 0.2) is 18.2 Å². The van der Waals surface area contributed by atoms with Gasteiger partial charge in [0.1, 0.15) is 11.8 Å². The van der Waals surface area contributed by atoms with Crippen LogP contribution in [0.4, 0.5) is 0 Å². The minimum atomic E-state index is -0.948. The van der Waals surface area contributed by atoms with Crippen LogP contribution in [0.1, 0.15) is 11.1 Å². The number of phenolic OH excluding ortho intramolecular Hbond substituents is 1. The van der Waals surface area contributed by atoms with Gasteiger partial charge in [-0.15, -0.1) is 0 Å². The smallest absolute Gasteiger partial charge is 0.321 e. The second-order valence-electron chi connectivity index (χ2n) is 3.34. The van der Waals surface area contributed by atoms with Crippen molar-refractivity contribution in [3.8, 4) is 5.75 Å². The van der Waals surface area contributed by atoms with Crippen molar-refractivity contribution in [3.63, 3.8) is 0 Å². The third-order valence-electron chi connectivity index (χ3n) is 2.15. The molecule has 0 fully saturated rings. The van der Waals surface area contributed by atoms with Gasteiger partial charge in [0.2, 0.25) is 0 Å². The molecule has 1 atom stereocenters. The zero-order chi connectivity index (χ0) is 11.4. The molecule has 0 amide bonds. The molecular formula is C10H13NO3S. The molecule has 0 bridgehead atoms. The predicted octanol–water partition coefficient (Wildman–Crippen LogP) is 1.13. The highest BCUT2D eigenvalue weighted by Gasteiger charge is 2.15. The molecule has 15 heavy (non-hydrogen) atoms. The van der Waals surface area contributed by atoms with Crippen LogP contribution in [0.2, 0.25) is 0 Å². The molecule has 1 aromatic rings. The number of benzene rings is 1. The van der Waals surface area contributed by atoms with E-state index >= 15 is 0 Å². The van der Waals surface area contributed by atoms with Gasteiger partial charge in [0.05, 0.1) is 0 Å². The van der Waals surface area contributed by atoms with Crippen molar-refractivity contribution < 1.29 is 15.0 Å². The standard InChI is InChI=1S/C10H13NO3S/c1-6-4-7(2-3-9(6)12)5-8(11-15)10(13)14/h2-4,8,11-12,15H,5H2,1H3,(H,13,14). The largest absolute Gasteiger partial charge is 0.508 e. The molecule has 3 N–H and O–H groups in total. The maximum Gasteiger partial charge on any atom is 0.321 e. The molecule has 0 saturated heterocycles. The van der Waals surface area contributed by atoms with Gasteiger partial charge in [-0.3, -0.25) is 9.52 Å². The molecule has 0 heterocycles. The first-order valence-corrected chi connectivity index (χ1v) is 4.90. The number of carboxylic acid groups (broad SMARTS) is 1. The van der Waals surface area contributed by atoms with E-state index in [1.807, 2.05) is 0 Å². The number of aryl methyl sites for hydroxylation is 1. The summed E-state index contributed by atoms with van der Waals surface area (Å²) in [5.41, 5.74) is 1.58. The monoisotopic (exact) mass is 227 g/mol. The molecule has 1 unspecified atom stereocenters. The van der Waals surface area contributed by atoms with E-state index in [2.05, 4.69) is 17.5 Å². The fourth-order valence-electron chi connectivity index (χ4n) is 1.27. The van der Waals surface area contributed by atoms with E-state index in [4.69, 9.17) is 5.11 Å². The first-order chi connectivity index (χ1) is 7.04. The maximum absolute atomic E-state index is 10.7. The van der Waals surface area contributed by atoms with Crippen molar-refractivity contribution in [2.45, 2.75) is 19.4 Å². The quantitative estimate of drug-likeness (QED) is 0.582. The van der Waals surface area contributed by atoms with Gasteiger partial charge in [-0.25, -0.2) is 0 Å². The number of hydrogen-bond acceptors (Lipinski definition) is 4. The summed E-state index contributed by atoms with van der Waals surface area (Å²) in [5.74, 6) is -0.736. The molecule has 1 rings (SSSR count). The number of carbonyl (C=O) groups is 1. The first kappa shape index (κ1) is 11.9. The van der Waals surface area contributed by atoms with Crippen molar-refractivity contribution in [1.29, 1.82) is 0 Å². The van der Waals surface area contributed by atoms with Gasteiger partial charge in [0, 0.05) is 0 Å². The number of aromatic hydroxyl groups is 1. The molecule has 0 aromatic heterocycles. The SMILES string of the molecule is Cc1cc(CC(NS)C(=O)O)ccc1O. The fourth-order valence-corrected chi connectivity index (χ4v) is 1.47. The lowest BCUT2D eigenvalue weighted by Crippen LogP contribution is -2.32. The van der Waals surface area contributed by atoms with Crippen molar-refractivity contribution in [2.24, 2.45) is 0 Å². The van der Waals surface area contributed by atoms with Crippen molar-refractivity contribution in [1.82, 2.24) is 4.72 Å². The van der Waals surface area contributed by atoms with Gasteiger partial charge in [0.15, 0.2) is 0 Å². The molecule has 1 aromatic carbocycles. The van der Waals surface area contributed by atoms with E-state index in [0.29, 0.717) is 6.42 Å². The van der Waals surface area contributed by atoms with Crippen molar-refractivity contribution in [3.05, 3.63) is 29.3 Å². The number of thiol groups is 1. The minimum Gasteiger partial charge on any atom is -0.508 e. The van der Waals surface area contributed by atoms with E-state index in [0.717, 1.165) is 11.1 Å². The lowest BCUT2D eigenvalue weighted by atomic mass is 10.0. The van der Waals surface area contributed by atoms with Gasteiger partial charge in [0.25, 0.3) is 0 Å². The first-order valence-electron chi connectivity index (χ1n) is 4.45. The highest BCUT2D eigenvalue weighted by Crippen LogP contribution is 2.17. The van der Waals surface area contributed by atoms with Crippen LogP contribution in [0.25, 0.3) is 0 Å². The number of nitrogens with one attached hydrogen (secondary N) is 1. The summed E-state index contributed by atoms with van der Waals surface area (Å²) >= 11 is 3.75. The molecule has 0 radical (unpaired) electrons. The molecule has 0 aliphatic heterocycles. The van der Waals surface area contributed by atoms with E-state index in [1.54, 1.807) is 25.1 Å². The van der Waals surface area contributed by atoms with E-state index in [9.17, 15) is 9.90 Å². The Morgan fingerprint density at radius 1 is 1.60 bits per heavy atom. The van der Waals surface area contributed by atoms with E-state index in [1.165, 1.54) is 0 Å². The number of aliphatic carboxylic acids is 1. The molecule has 82 valence electrons. The van der Waals surface area contributed by atoms with Crippen LogP contribution >= 0.6 is 12.8 Å². The lowest BCUT2D eigenvalue weighted by molar-refractivity contribution is -0.138. The summed E-state index contributed by atoms with van der Waals surface area (Å²) in [5, 5.41) is 18.1. The van der Waals surface area contributed by atoms with Crippen molar-refractivity contribution >= 4 is 18.8 Å². The Morgan fingerprint density at radius 2 is 2.27 bits per heavy atom. The fraction of sp³-hybridized carbons (Fsp3) is 0.300. The molecule has 5 heteroatoms. The van der Waals surface area contributed by atoms with Gasteiger partial charge >= 0.3 is 5.97 Å². The molecule has 0 aliphatic rings. The van der Waals surface area contributed by atoms with Crippen LogP contribution in [-0.4, -0.2) is 22.2 Å². The normalized spacial score (nSPS) is 12.4. The average Bonchev–Trinajstić information content (AvgIpc) is 2.19. The van der Waals surface area contributed by atoms with Gasteiger partial charge in [-0.1, -0.05) is 24.9 Å². The van der Waals surface area contributed by atoms with E-state index in [-0.39, 0.29) is 5.75 Å². The Morgan fingerprint density at radius 3 is 2.73 bits per heavy atom. The molecule has 0 saturated carbocycles. The van der Waals surface area contributed by atoms with E-state index < -0.39 is 12.0 Å². The maximum atomic E-state index is 10.7. The Bertz CT molecular complexity index is 368. The van der Waals surface area contributed by atoms with Gasteiger partial charge < -0.3 is 10.2 Å². The predicted molar refractivity (Wildman–Crippen MR) is 60.1 cm³/mol. The third kappa shape index (κ3) is 3.14. The molecular weight excluding hydrogens is 214 g/mol. The highest BCUT2D eigenvalue weighted by molar-refractivity contribution is 7.78. The summed E-state index contributed by atoms with van der Waals surface area (Å²) in [7, 11) is 0. The second-order valence-corrected chi connectivity index (χ2v) is 3.60. The highest BCUT2D eigenvalue weighted by atomic mass is 32.1. The minimum absolute atomic E-state index is 0.212. The van der Waals surface area contributed by atoms with Crippen LogP contribution in [0.3, 0.4) is 0 Å². The van der Waals surface area contributed by atoms with Crippen molar-refractivity contribution in [2.75, 3.05) is 0 Å². The second kappa shape index (κ2) is 5.04. The average molecular weight is 227 g/mol. The summed E-state index contributed by atoms with van der Waals surface area (Å²) in [4.78, 5) is 10.7. The summed E-state index contributed by atoms with van der Waals surface area (Å²) in [6, 6.07) is 4.29. The third-order valence-corrected chi connectivity index (χ3v) is 2.47. The van der Waals surface area contributed by atoms with Crippen LogP contribution in [-0.2, 0) is 11.2 Å². The number of rotatable bonds is 4. The number of phenols is 1. The van der Waals surface area contributed by atoms with Crippen LogP contribution < -0.4 is 4.72 Å². The summed E-state index contributed by atoms with van der Waals surface area (Å²) in [6.07, 6.45) is 0.333. The molecule has 0 spiro atoms. The zero-order valence-corrected chi connectivity index (χ0v) is 9.16. The van der Waals surface area contributed by atoms with Crippen LogP contribution in [0.5, 0.6) is 5.75 Å². The molecule has 4 nitrogen and oxygen atoms in total. The topological polar surface area (TPSA) is 69.6 Å². The Labute approximate surface area is 93.5 Å². The Kier molecular flexibility index (Phi) is 3.99. The Balaban J connectivity index is 2.80. The lowest BCUT2D eigenvalue weighted by Gasteiger charge is -2.11. The number of carboxylic acids is 1. The van der Waals surface area contributed by atoms with Gasteiger partial charge in [-0.2, -0.15) is 0 Å².